The SMILES string of the molecule is O=C(O)CCCCCCC(=O)NCc1cccc(-c2cccc(C3OC(CSc4ccc(C(=O)O)cc4)CC(c4ccc(CO)cc4)O3)c2)c1. The molecule has 262 valence electrons. The van der Waals surface area contributed by atoms with Crippen LogP contribution in [0, 0.1) is 0 Å². The minimum atomic E-state index is -0.956. The molecule has 0 aliphatic carbocycles. The zero-order chi connectivity index (χ0) is 35.3. The summed E-state index contributed by atoms with van der Waals surface area (Å²) in [6.07, 6.45) is 3.21. The van der Waals surface area contributed by atoms with E-state index in [0.717, 1.165) is 57.5 Å². The topological polar surface area (TPSA) is 142 Å². The molecule has 3 unspecified atom stereocenters. The van der Waals surface area contributed by atoms with Gasteiger partial charge in [0.1, 0.15) is 0 Å². The summed E-state index contributed by atoms with van der Waals surface area (Å²) in [7, 11) is 0. The number of amides is 1. The molecule has 10 heteroatoms. The van der Waals surface area contributed by atoms with E-state index in [-0.39, 0.29) is 36.7 Å². The van der Waals surface area contributed by atoms with Crippen molar-refractivity contribution in [2.45, 2.75) is 81.5 Å². The number of carbonyl (C=O) groups is 3. The maximum Gasteiger partial charge on any atom is 0.335 e. The van der Waals surface area contributed by atoms with E-state index in [9.17, 15) is 24.6 Å². The van der Waals surface area contributed by atoms with E-state index in [1.54, 1.807) is 23.9 Å². The van der Waals surface area contributed by atoms with Crippen molar-refractivity contribution in [2.75, 3.05) is 5.75 Å². The van der Waals surface area contributed by atoms with Crippen molar-refractivity contribution in [1.29, 1.82) is 0 Å². The lowest BCUT2D eigenvalue weighted by Gasteiger charge is -2.36. The molecule has 1 aliphatic rings. The summed E-state index contributed by atoms with van der Waals surface area (Å²) in [5, 5.41) is 30.5. The predicted octanol–water partition coefficient (Wildman–Crippen LogP) is 7.92. The van der Waals surface area contributed by atoms with Gasteiger partial charge in [0.2, 0.25) is 5.91 Å². The van der Waals surface area contributed by atoms with E-state index in [1.807, 2.05) is 72.8 Å². The Morgan fingerprint density at radius 1 is 0.740 bits per heavy atom. The van der Waals surface area contributed by atoms with Gasteiger partial charge in [0.15, 0.2) is 6.29 Å². The molecule has 9 nitrogen and oxygen atoms in total. The molecule has 0 spiro atoms. The normalized spacial score (nSPS) is 17.3. The second-order valence-electron chi connectivity index (χ2n) is 12.4. The summed E-state index contributed by atoms with van der Waals surface area (Å²) < 4.78 is 13.1. The number of unbranched alkanes of at least 4 members (excludes halogenated alkanes) is 3. The number of carbonyl (C=O) groups excluding carboxylic acids is 1. The van der Waals surface area contributed by atoms with Crippen LogP contribution in [-0.4, -0.2) is 45.0 Å². The van der Waals surface area contributed by atoms with Crippen molar-refractivity contribution in [3.8, 4) is 11.1 Å². The molecule has 1 amide bonds. The number of benzene rings is 4. The molecule has 5 rings (SSSR count). The summed E-state index contributed by atoms with van der Waals surface area (Å²) in [5.41, 5.74) is 5.92. The first-order valence-corrected chi connectivity index (χ1v) is 17.9. The largest absolute Gasteiger partial charge is 0.481 e. The van der Waals surface area contributed by atoms with E-state index < -0.39 is 18.2 Å². The highest BCUT2D eigenvalue weighted by Gasteiger charge is 2.32. The van der Waals surface area contributed by atoms with Crippen molar-refractivity contribution in [3.63, 3.8) is 0 Å². The zero-order valence-corrected chi connectivity index (χ0v) is 28.6. The molecule has 1 aliphatic heterocycles. The van der Waals surface area contributed by atoms with Gasteiger partial charge in [-0.25, -0.2) is 4.79 Å². The maximum absolute atomic E-state index is 12.4. The number of nitrogens with one attached hydrogen (secondary N) is 1. The molecule has 1 saturated heterocycles. The second-order valence-corrected chi connectivity index (χ2v) is 13.5. The van der Waals surface area contributed by atoms with Gasteiger partial charge < -0.3 is 30.1 Å². The smallest absolute Gasteiger partial charge is 0.335 e. The molecule has 3 atom stereocenters. The summed E-state index contributed by atoms with van der Waals surface area (Å²) in [4.78, 5) is 35.3. The standard InChI is InChI=1S/C40H43NO8S/c42-25-27-13-15-29(16-14-27)36-23-34(26-50-35-19-17-30(18-20-35)39(46)47)48-40(49-36)33-10-6-9-32(22-33)31-8-5-7-28(21-31)24-41-37(43)11-3-1-2-4-12-38(44)45/h5-10,13-22,34,36,40,42H,1-4,11-12,23-26H2,(H,41,43)(H,44,45)(H,46,47). The number of ether oxygens (including phenoxy) is 2. The molecule has 4 aromatic carbocycles. The van der Waals surface area contributed by atoms with Crippen LogP contribution in [0.2, 0.25) is 0 Å². The number of aromatic carboxylic acids is 1. The Labute approximate surface area is 296 Å². The third kappa shape index (κ3) is 11.0. The quantitative estimate of drug-likeness (QED) is 0.0639. The highest BCUT2D eigenvalue weighted by molar-refractivity contribution is 7.99. The van der Waals surface area contributed by atoms with Gasteiger partial charge in [-0.1, -0.05) is 73.5 Å². The molecule has 4 N–H and O–H groups in total. The molecule has 0 aromatic heterocycles. The first-order chi connectivity index (χ1) is 24.3. The molecule has 0 saturated carbocycles. The van der Waals surface area contributed by atoms with Gasteiger partial charge in [-0.2, -0.15) is 0 Å². The first kappa shape index (κ1) is 36.8. The minimum absolute atomic E-state index is 0.0206. The van der Waals surface area contributed by atoms with Crippen molar-refractivity contribution < 1.29 is 39.2 Å². The summed E-state index contributed by atoms with van der Waals surface area (Å²) in [5.74, 6) is -1.11. The van der Waals surface area contributed by atoms with Crippen molar-refractivity contribution in [3.05, 3.63) is 125 Å². The Kier molecular flexibility index (Phi) is 13.6. The highest BCUT2D eigenvalue weighted by Crippen LogP contribution is 2.40. The fourth-order valence-corrected chi connectivity index (χ4v) is 6.76. The number of rotatable bonds is 17. The Morgan fingerprint density at radius 2 is 1.44 bits per heavy atom. The Bertz CT molecular complexity index is 1730. The average molecular weight is 698 g/mol. The lowest BCUT2D eigenvalue weighted by molar-refractivity contribution is -0.245. The van der Waals surface area contributed by atoms with Gasteiger partial charge in [0, 0.05) is 42.0 Å². The predicted molar refractivity (Wildman–Crippen MR) is 192 cm³/mol. The summed E-state index contributed by atoms with van der Waals surface area (Å²) in [6.45, 7) is 0.380. The number of hydrogen-bond donors (Lipinski definition) is 4. The number of aliphatic hydroxyl groups excluding tert-OH is 1. The van der Waals surface area contributed by atoms with E-state index in [0.29, 0.717) is 31.6 Å². The number of aliphatic hydroxyl groups is 1. The number of carboxylic acids is 2. The van der Waals surface area contributed by atoms with Crippen molar-refractivity contribution in [1.82, 2.24) is 5.32 Å². The van der Waals surface area contributed by atoms with Gasteiger partial charge >= 0.3 is 11.9 Å². The van der Waals surface area contributed by atoms with Crippen molar-refractivity contribution in [2.24, 2.45) is 0 Å². The van der Waals surface area contributed by atoms with Crippen LogP contribution in [0.5, 0.6) is 0 Å². The van der Waals surface area contributed by atoms with Crippen LogP contribution in [0.15, 0.2) is 102 Å². The van der Waals surface area contributed by atoms with Gasteiger partial charge in [-0.05, 0) is 77.1 Å². The average Bonchev–Trinajstić information content (AvgIpc) is 3.14. The van der Waals surface area contributed by atoms with Gasteiger partial charge in [-0.15, -0.1) is 11.8 Å². The van der Waals surface area contributed by atoms with Crippen LogP contribution in [0.4, 0.5) is 0 Å². The van der Waals surface area contributed by atoms with Crippen LogP contribution in [-0.2, 0) is 32.2 Å². The van der Waals surface area contributed by atoms with Gasteiger partial charge in [0.05, 0.1) is 24.4 Å². The van der Waals surface area contributed by atoms with Gasteiger partial charge in [0.25, 0.3) is 0 Å². The molecular formula is C40H43NO8S. The maximum atomic E-state index is 12.4. The fourth-order valence-electron chi connectivity index (χ4n) is 5.84. The second kappa shape index (κ2) is 18.5. The summed E-state index contributed by atoms with van der Waals surface area (Å²) in [6, 6.07) is 30.7. The van der Waals surface area contributed by atoms with E-state index in [2.05, 4.69) is 17.4 Å². The Morgan fingerprint density at radius 3 is 2.14 bits per heavy atom. The number of carboxylic acid groups (broad SMARTS) is 2. The molecule has 50 heavy (non-hydrogen) atoms. The first-order valence-electron chi connectivity index (χ1n) is 16.9. The molecular weight excluding hydrogens is 655 g/mol. The molecule has 0 radical (unpaired) electrons. The number of aliphatic carboxylic acids is 1. The van der Waals surface area contributed by atoms with Crippen LogP contribution in [0.3, 0.4) is 0 Å². The third-order valence-electron chi connectivity index (χ3n) is 8.61. The highest BCUT2D eigenvalue weighted by atomic mass is 32.2. The van der Waals surface area contributed by atoms with E-state index in [1.165, 1.54) is 0 Å². The lowest BCUT2D eigenvalue weighted by Crippen LogP contribution is -2.31. The monoisotopic (exact) mass is 697 g/mol. The zero-order valence-electron chi connectivity index (χ0n) is 27.8. The third-order valence-corrected chi connectivity index (χ3v) is 9.75. The molecule has 0 bridgehead atoms. The van der Waals surface area contributed by atoms with Crippen molar-refractivity contribution >= 4 is 29.6 Å². The summed E-state index contributed by atoms with van der Waals surface area (Å²) >= 11 is 1.61. The van der Waals surface area contributed by atoms with E-state index >= 15 is 0 Å². The Hall–Kier alpha value is -4.48. The van der Waals surface area contributed by atoms with E-state index in [4.69, 9.17) is 14.6 Å². The number of hydrogen-bond acceptors (Lipinski definition) is 7. The molecule has 4 aromatic rings. The lowest BCUT2D eigenvalue weighted by atomic mass is 9.99. The van der Waals surface area contributed by atoms with Crippen LogP contribution < -0.4 is 5.32 Å². The van der Waals surface area contributed by atoms with Crippen LogP contribution in [0.1, 0.15) is 90.0 Å². The van der Waals surface area contributed by atoms with Gasteiger partial charge in [-0.3, -0.25) is 9.59 Å². The minimum Gasteiger partial charge on any atom is -0.481 e. The number of thioether (sulfide) groups is 1. The fraction of sp³-hybridized carbons (Fsp3) is 0.325. The van der Waals surface area contributed by atoms with Crippen LogP contribution in [0.25, 0.3) is 11.1 Å². The van der Waals surface area contributed by atoms with Crippen LogP contribution >= 0.6 is 11.8 Å². The Balaban J connectivity index is 1.24. The molecule has 1 fully saturated rings. The molecule has 1 heterocycles.